The van der Waals surface area contributed by atoms with Crippen LogP contribution in [0.1, 0.15) is 0 Å². The molecule has 0 aliphatic rings. The Morgan fingerprint density at radius 3 is 2.75 bits per heavy atom. The number of aromatic nitrogens is 3. The zero-order valence-corrected chi connectivity index (χ0v) is 16.0. The number of ether oxygens (including phenoxy) is 1. The van der Waals surface area contributed by atoms with Gasteiger partial charge in [0.25, 0.3) is 0 Å². The second-order valence-corrected chi connectivity index (χ2v) is 6.96. The molecule has 0 saturated carbocycles. The van der Waals surface area contributed by atoms with Crippen molar-refractivity contribution in [1.82, 2.24) is 14.6 Å². The summed E-state index contributed by atoms with van der Waals surface area (Å²) < 4.78 is 7.05. The summed E-state index contributed by atoms with van der Waals surface area (Å²) in [6.07, 6.45) is 3.50. The number of thioether (sulfide) groups is 1. The minimum Gasteiger partial charge on any atom is -0.495 e. The average Bonchev–Trinajstić information content (AvgIpc) is 3.18. The van der Waals surface area contributed by atoms with E-state index >= 15 is 0 Å². The SMILES string of the molecule is COc1ccccc1NC(=O)CSc1nccn2nc(-c3ccccc3)cc12. The highest BCUT2D eigenvalue weighted by Gasteiger charge is 2.12. The molecule has 7 heteroatoms. The van der Waals surface area contributed by atoms with Crippen molar-refractivity contribution >= 4 is 28.9 Å². The molecular weight excluding hydrogens is 372 g/mol. The lowest BCUT2D eigenvalue weighted by Gasteiger charge is -2.09. The lowest BCUT2D eigenvalue weighted by Crippen LogP contribution is -2.14. The maximum Gasteiger partial charge on any atom is 0.234 e. The first-order chi connectivity index (χ1) is 13.7. The van der Waals surface area contributed by atoms with Crippen molar-refractivity contribution in [1.29, 1.82) is 0 Å². The second-order valence-electron chi connectivity index (χ2n) is 5.99. The van der Waals surface area contributed by atoms with Crippen molar-refractivity contribution in [3.63, 3.8) is 0 Å². The first-order valence-electron chi connectivity index (χ1n) is 8.70. The molecule has 6 nitrogen and oxygen atoms in total. The Kier molecular flexibility index (Phi) is 5.25. The normalized spacial score (nSPS) is 10.8. The van der Waals surface area contributed by atoms with Gasteiger partial charge in [0.1, 0.15) is 10.8 Å². The fourth-order valence-electron chi connectivity index (χ4n) is 2.83. The number of carbonyl (C=O) groups is 1. The van der Waals surface area contributed by atoms with Crippen molar-refractivity contribution in [2.45, 2.75) is 5.03 Å². The summed E-state index contributed by atoms with van der Waals surface area (Å²) in [4.78, 5) is 16.8. The highest BCUT2D eigenvalue weighted by molar-refractivity contribution is 8.00. The number of anilines is 1. The van der Waals surface area contributed by atoms with Crippen LogP contribution in [0, 0.1) is 0 Å². The number of amides is 1. The van der Waals surface area contributed by atoms with E-state index in [1.165, 1.54) is 11.8 Å². The third kappa shape index (κ3) is 3.84. The van der Waals surface area contributed by atoms with E-state index in [0.717, 1.165) is 21.8 Å². The zero-order valence-electron chi connectivity index (χ0n) is 15.2. The van der Waals surface area contributed by atoms with Crippen LogP contribution >= 0.6 is 11.8 Å². The Balaban J connectivity index is 1.50. The number of hydrogen-bond acceptors (Lipinski definition) is 5. The topological polar surface area (TPSA) is 68.5 Å². The van der Waals surface area contributed by atoms with E-state index in [1.54, 1.807) is 24.0 Å². The molecule has 2 aromatic carbocycles. The molecule has 2 aromatic heterocycles. The average molecular weight is 390 g/mol. The van der Waals surface area contributed by atoms with Gasteiger partial charge in [0.05, 0.1) is 29.8 Å². The van der Waals surface area contributed by atoms with Gasteiger partial charge in [0.15, 0.2) is 0 Å². The van der Waals surface area contributed by atoms with Crippen LogP contribution in [-0.4, -0.2) is 33.4 Å². The van der Waals surface area contributed by atoms with Crippen molar-refractivity contribution < 1.29 is 9.53 Å². The number of fused-ring (bicyclic) bond motifs is 1. The van der Waals surface area contributed by atoms with Crippen molar-refractivity contribution in [2.75, 3.05) is 18.2 Å². The summed E-state index contributed by atoms with van der Waals surface area (Å²) in [6.45, 7) is 0. The zero-order chi connectivity index (χ0) is 19.3. The minimum atomic E-state index is -0.124. The van der Waals surface area contributed by atoms with Gasteiger partial charge in [0, 0.05) is 18.0 Å². The van der Waals surface area contributed by atoms with Gasteiger partial charge in [-0.05, 0) is 18.2 Å². The van der Waals surface area contributed by atoms with Gasteiger partial charge in [-0.3, -0.25) is 4.79 Å². The largest absolute Gasteiger partial charge is 0.495 e. The molecule has 2 heterocycles. The van der Waals surface area contributed by atoms with Crippen LogP contribution in [-0.2, 0) is 4.79 Å². The summed E-state index contributed by atoms with van der Waals surface area (Å²) in [5.74, 6) is 0.738. The van der Waals surface area contributed by atoms with Crippen LogP contribution in [0.3, 0.4) is 0 Å². The molecule has 1 N–H and O–H groups in total. The summed E-state index contributed by atoms with van der Waals surface area (Å²) in [5.41, 5.74) is 3.43. The van der Waals surface area contributed by atoms with Crippen molar-refractivity contribution in [3.8, 4) is 17.0 Å². The van der Waals surface area contributed by atoms with Crippen LogP contribution in [0.5, 0.6) is 5.75 Å². The van der Waals surface area contributed by atoms with Crippen molar-refractivity contribution in [2.24, 2.45) is 0 Å². The Morgan fingerprint density at radius 1 is 1.14 bits per heavy atom. The van der Waals surface area contributed by atoms with Crippen LogP contribution in [0.15, 0.2) is 78.1 Å². The summed E-state index contributed by atoms with van der Waals surface area (Å²) >= 11 is 1.37. The monoisotopic (exact) mass is 390 g/mol. The van der Waals surface area contributed by atoms with Gasteiger partial charge >= 0.3 is 0 Å². The maximum atomic E-state index is 12.4. The van der Waals surface area contributed by atoms with Gasteiger partial charge < -0.3 is 10.1 Å². The third-order valence-electron chi connectivity index (χ3n) is 4.15. The predicted molar refractivity (Wildman–Crippen MR) is 111 cm³/mol. The molecule has 0 bridgehead atoms. The molecule has 4 aromatic rings. The van der Waals surface area contributed by atoms with E-state index < -0.39 is 0 Å². The number of nitrogens with one attached hydrogen (secondary N) is 1. The number of hydrogen-bond donors (Lipinski definition) is 1. The van der Waals surface area contributed by atoms with E-state index in [4.69, 9.17) is 4.74 Å². The molecule has 0 aliphatic carbocycles. The van der Waals surface area contributed by atoms with Crippen LogP contribution < -0.4 is 10.1 Å². The van der Waals surface area contributed by atoms with Crippen LogP contribution in [0.4, 0.5) is 5.69 Å². The van der Waals surface area contributed by atoms with E-state index in [0.29, 0.717) is 11.4 Å². The fraction of sp³-hybridized carbons (Fsp3) is 0.0952. The summed E-state index contributed by atoms with van der Waals surface area (Å²) in [7, 11) is 1.58. The lowest BCUT2D eigenvalue weighted by atomic mass is 10.1. The second kappa shape index (κ2) is 8.14. The molecule has 0 spiro atoms. The quantitative estimate of drug-likeness (QED) is 0.501. The molecule has 0 unspecified atom stereocenters. The Morgan fingerprint density at radius 2 is 1.93 bits per heavy atom. The van der Waals surface area contributed by atoms with Gasteiger partial charge in [-0.25, -0.2) is 9.50 Å². The number of rotatable bonds is 6. The number of nitrogens with zero attached hydrogens (tertiary/aromatic N) is 3. The molecule has 1 amide bonds. The van der Waals surface area contributed by atoms with Gasteiger partial charge in [-0.2, -0.15) is 5.10 Å². The summed E-state index contributed by atoms with van der Waals surface area (Å²) in [5, 5.41) is 8.24. The maximum absolute atomic E-state index is 12.4. The molecule has 0 fully saturated rings. The van der Waals surface area contributed by atoms with E-state index in [1.807, 2.05) is 60.7 Å². The predicted octanol–water partition coefficient (Wildman–Crippen LogP) is 4.14. The molecule has 140 valence electrons. The molecular formula is C21H18N4O2S. The standard InChI is InChI=1S/C21H18N4O2S/c1-27-19-10-6-5-9-16(19)23-20(26)14-28-21-18-13-17(15-7-3-2-4-8-15)24-25(18)12-11-22-21/h2-13H,14H2,1H3,(H,23,26). The lowest BCUT2D eigenvalue weighted by molar-refractivity contribution is -0.113. The Bertz CT molecular complexity index is 1110. The van der Waals surface area contributed by atoms with Crippen LogP contribution in [0.2, 0.25) is 0 Å². The Hall–Kier alpha value is -3.32. The fourth-order valence-corrected chi connectivity index (χ4v) is 3.60. The molecule has 0 saturated heterocycles. The number of para-hydroxylation sites is 2. The summed E-state index contributed by atoms with van der Waals surface area (Å²) in [6, 6.07) is 19.3. The highest BCUT2D eigenvalue weighted by Crippen LogP contribution is 2.27. The van der Waals surface area contributed by atoms with Crippen LogP contribution in [0.25, 0.3) is 16.8 Å². The molecule has 0 radical (unpaired) electrons. The number of carbonyl (C=O) groups excluding carboxylic acids is 1. The van der Waals surface area contributed by atoms with Gasteiger partial charge in [-0.15, -0.1) is 0 Å². The minimum absolute atomic E-state index is 0.124. The Labute approximate surface area is 166 Å². The van der Waals surface area contributed by atoms with Gasteiger partial charge in [0.2, 0.25) is 5.91 Å². The van der Waals surface area contributed by atoms with E-state index in [9.17, 15) is 4.79 Å². The number of methoxy groups -OCH3 is 1. The van der Waals surface area contributed by atoms with Crippen molar-refractivity contribution in [3.05, 3.63) is 73.1 Å². The first kappa shape index (κ1) is 18.1. The third-order valence-corrected chi connectivity index (χ3v) is 5.14. The number of benzene rings is 2. The molecule has 28 heavy (non-hydrogen) atoms. The molecule has 0 atom stereocenters. The van der Waals surface area contributed by atoms with E-state index in [-0.39, 0.29) is 11.7 Å². The molecule has 4 rings (SSSR count). The van der Waals surface area contributed by atoms with Gasteiger partial charge in [-0.1, -0.05) is 54.2 Å². The first-order valence-corrected chi connectivity index (χ1v) is 9.68. The molecule has 0 aliphatic heterocycles. The highest BCUT2D eigenvalue weighted by atomic mass is 32.2. The smallest absolute Gasteiger partial charge is 0.234 e. The van der Waals surface area contributed by atoms with E-state index in [2.05, 4.69) is 15.4 Å².